The molecule has 0 spiro atoms. The molecule has 2 nitrogen and oxygen atoms in total. The van der Waals surface area contributed by atoms with E-state index in [0.717, 1.165) is 23.1 Å². The van der Waals surface area contributed by atoms with Gasteiger partial charge in [0.25, 0.3) is 0 Å². The molecule has 2 aromatic heterocycles. The van der Waals surface area contributed by atoms with Crippen LogP contribution in [0.25, 0.3) is 55.1 Å². The summed E-state index contributed by atoms with van der Waals surface area (Å²) in [5, 5.41) is 5.20. The van der Waals surface area contributed by atoms with E-state index < -0.39 is 0 Å². The zero-order valence-electron chi connectivity index (χ0n) is 29.3. The van der Waals surface area contributed by atoms with E-state index in [1.807, 2.05) is 0 Å². The molecule has 3 atom stereocenters. The van der Waals surface area contributed by atoms with Crippen LogP contribution in [0.4, 0.5) is 0 Å². The summed E-state index contributed by atoms with van der Waals surface area (Å²) in [4.78, 5) is 11.1. The highest BCUT2D eigenvalue weighted by atomic mass is 14.8. The van der Waals surface area contributed by atoms with Crippen LogP contribution in [0.1, 0.15) is 109 Å². The predicted octanol–water partition coefficient (Wildman–Crippen LogP) is 12.3. The zero-order chi connectivity index (χ0) is 32.7. The van der Waals surface area contributed by atoms with Gasteiger partial charge in [0.2, 0.25) is 0 Å². The standard InChI is InChI=1S/C45H46N2/c1-9-32-36-30-16-10-12-22-34(30)46-40(38(36)44(6,7)42(32,2)3)28-20-14-19-27-26(28)18-15-21-29(27)41-39-37(31-17-11-13-23-35(31)47-41)33-24-25-45(39,8)43(33,4)5/h10-23,32-33H,9,24-25H2,1-8H3. The largest absolute Gasteiger partial charge is 0.247 e. The Kier molecular flexibility index (Phi) is 5.77. The van der Waals surface area contributed by atoms with Crippen molar-refractivity contribution in [2.45, 2.75) is 97.3 Å². The first-order valence-electron chi connectivity index (χ1n) is 17.8. The third-order valence-electron chi connectivity index (χ3n) is 14.3. The van der Waals surface area contributed by atoms with Crippen molar-refractivity contribution < 1.29 is 0 Å². The number of hydrogen-bond donors (Lipinski definition) is 0. The lowest BCUT2D eigenvalue weighted by Gasteiger charge is -2.40. The third kappa shape index (κ3) is 3.42. The lowest BCUT2D eigenvalue weighted by molar-refractivity contribution is 0.178. The minimum atomic E-state index is -0.0463. The fraction of sp³-hybridized carbons (Fsp3) is 0.378. The molecule has 0 amide bonds. The van der Waals surface area contributed by atoms with E-state index in [9.17, 15) is 0 Å². The highest BCUT2D eigenvalue weighted by molar-refractivity contribution is 6.06. The molecule has 1 saturated carbocycles. The molecule has 0 aliphatic heterocycles. The van der Waals surface area contributed by atoms with E-state index in [1.54, 1.807) is 5.56 Å². The molecule has 6 aromatic rings. The Morgan fingerprint density at radius 3 is 1.66 bits per heavy atom. The number of para-hydroxylation sites is 2. The maximum Gasteiger partial charge on any atom is 0.0756 e. The Balaban J connectivity index is 1.36. The summed E-state index contributed by atoms with van der Waals surface area (Å²) >= 11 is 0. The normalized spacial score (nSPS) is 24.7. The highest BCUT2D eigenvalue weighted by Crippen LogP contribution is 2.70. The first-order valence-corrected chi connectivity index (χ1v) is 17.8. The molecule has 2 heteroatoms. The monoisotopic (exact) mass is 614 g/mol. The van der Waals surface area contributed by atoms with Crippen molar-refractivity contribution in [3.05, 3.63) is 107 Å². The molecule has 2 heterocycles. The summed E-state index contributed by atoms with van der Waals surface area (Å²) in [5.41, 5.74) is 13.4. The van der Waals surface area contributed by atoms with Gasteiger partial charge in [0.05, 0.1) is 22.4 Å². The predicted molar refractivity (Wildman–Crippen MR) is 198 cm³/mol. The molecule has 9 rings (SSSR count). The van der Waals surface area contributed by atoms with Gasteiger partial charge < -0.3 is 0 Å². The molecule has 2 bridgehead atoms. The van der Waals surface area contributed by atoms with Crippen LogP contribution in [0.2, 0.25) is 0 Å². The molecular formula is C45H46N2. The highest BCUT2D eigenvalue weighted by Gasteiger charge is 2.61. The maximum absolute atomic E-state index is 5.55. The van der Waals surface area contributed by atoms with Crippen LogP contribution in [0.15, 0.2) is 84.9 Å². The first kappa shape index (κ1) is 29.1. The molecular weight excluding hydrogens is 569 g/mol. The van der Waals surface area contributed by atoms with Gasteiger partial charge in [0.15, 0.2) is 0 Å². The number of nitrogens with zero attached hydrogens (tertiary/aromatic N) is 2. The van der Waals surface area contributed by atoms with Crippen LogP contribution in [0, 0.1) is 10.8 Å². The van der Waals surface area contributed by atoms with E-state index in [0.29, 0.717) is 11.8 Å². The van der Waals surface area contributed by atoms with Gasteiger partial charge in [0.1, 0.15) is 0 Å². The number of fused-ring (bicyclic) bond motifs is 11. The molecule has 0 saturated heterocycles. The smallest absolute Gasteiger partial charge is 0.0756 e. The van der Waals surface area contributed by atoms with Gasteiger partial charge in [-0.05, 0) is 92.5 Å². The molecule has 3 aliphatic carbocycles. The first-order chi connectivity index (χ1) is 22.4. The Hall–Kier alpha value is -4.04. The van der Waals surface area contributed by atoms with E-state index in [2.05, 4.69) is 140 Å². The minimum Gasteiger partial charge on any atom is -0.247 e. The summed E-state index contributed by atoms with van der Waals surface area (Å²) < 4.78 is 0. The van der Waals surface area contributed by atoms with Crippen LogP contribution in [0.5, 0.6) is 0 Å². The van der Waals surface area contributed by atoms with E-state index in [-0.39, 0.29) is 21.7 Å². The number of hydrogen-bond acceptors (Lipinski definition) is 2. The number of benzene rings is 4. The van der Waals surface area contributed by atoms with Crippen molar-refractivity contribution in [1.82, 2.24) is 9.97 Å². The van der Waals surface area contributed by atoms with Crippen LogP contribution >= 0.6 is 0 Å². The second kappa shape index (κ2) is 9.31. The van der Waals surface area contributed by atoms with Crippen LogP contribution < -0.4 is 0 Å². The van der Waals surface area contributed by atoms with Gasteiger partial charge in [-0.2, -0.15) is 0 Å². The molecule has 1 fully saturated rings. The molecule has 47 heavy (non-hydrogen) atoms. The van der Waals surface area contributed by atoms with Gasteiger partial charge in [-0.25, -0.2) is 9.97 Å². The summed E-state index contributed by atoms with van der Waals surface area (Å²) in [6.07, 6.45) is 3.59. The quantitative estimate of drug-likeness (QED) is 0.198. The van der Waals surface area contributed by atoms with Gasteiger partial charge in [-0.3, -0.25) is 0 Å². The van der Waals surface area contributed by atoms with Gasteiger partial charge in [0, 0.05) is 27.3 Å². The lowest BCUT2D eigenvalue weighted by Crippen LogP contribution is -2.34. The van der Waals surface area contributed by atoms with Gasteiger partial charge >= 0.3 is 0 Å². The van der Waals surface area contributed by atoms with Crippen LogP contribution in [-0.4, -0.2) is 9.97 Å². The van der Waals surface area contributed by atoms with E-state index >= 15 is 0 Å². The van der Waals surface area contributed by atoms with E-state index in [1.165, 1.54) is 67.9 Å². The molecule has 4 aromatic carbocycles. The lowest BCUT2D eigenvalue weighted by atomic mass is 9.64. The number of pyridine rings is 2. The zero-order valence-corrected chi connectivity index (χ0v) is 29.3. The third-order valence-corrected chi connectivity index (χ3v) is 14.3. The SMILES string of the molecule is CCC1c2c(c(-c3cccc4c(-c5nc6ccccc6c6c5C5(C)CCC6C5(C)C)cccc34)nc3ccccc23)C(C)(C)C1(C)C. The molecule has 3 aliphatic rings. The Labute approximate surface area is 279 Å². The van der Waals surface area contributed by atoms with Gasteiger partial charge in [-0.15, -0.1) is 0 Å². The Bertz CT molecular complexity index is 2300. The fourth-order valence-corrected chi connectivity index (χ4v) is 10.8. The Morgan fingerprint density at radius 2 is 1.09 bits per heavy atom. The van der Waals surface area contributed by atoms with Crippen LogP contribution in [0.3, 0.4) is 0 Å². The summed E-state index contributed by atoms with van der Waals surface area (Å²) in [6.45, 7) is 19.7. The molecule has 3 unspecified atom stereocenters. The van der Waals surface area contributed by atoms with Crippen LogP contribution in [-0.2, 0) is 10.8 Å². The molecule has 0 N–H and O–H groups in total. The topological polar surface area (TPSA) is 25.8 Å². The van der Waals surface area contributed by atoms with Crippen molar-refractivity contribution in [2.24, 2.45) is 10.8 Å². The van der Waals surface area contributed by atoms with E-state index in [4.69, 9.17) is 9.97 Å². The second-order valence-corrected chi connectivity index (χ2v) is 16.7. The Morgan fingerprint density at radius 1 is 0.574 bits per heavy atom. The molecule has 236 valence electrons. The van der Waals surface area contributed by atoms with Crippen molar-refractivity contribution in [2.75, 3.05) is 0 Å². The molecule has 0 radical (unpaired) electrons. The van der Waals surface area contributed by atoms with Crippen molar-refractivity contribution >= 4 is 32.6 Å². The fourth-order valence-electron chi connectivity index (χ4n) is 10.8. The summed E-state index contributed by atoms with van der Waals surface area (Å²) in [7, 11) is 0. The minimum absolute atomic E-state index is 0.0463. The second-order valence-electron chi connectivity index (χ2n) is 16.7. The van der Waals surface area contributed by atoms with Crippen molar-refractivity contribution in [3.63, 3.8) is 0 Å². The number of aromatic nitrogens is 2. The maximum atomic E-state index is 5.55. The number of rotatable bonds is 3. The van der Waals surface area contributed by atoms with Crippen molar-refractivity contribution in [1.29, 1.82) is 0 Å². The average Bonchev–Trinajstić information content (AvgIpc) is 3.48. The van der Waals surface area contributed by atoms with Gasteiger partial charge in [-0.1, -0.05) is 128 Å². The average molecular weight is 615 g/mol. The summed E-state index contributed by atoms with van der Waals surface area (Å²) in [6, 6.07) is 31.5. The van der Waals surface area contributed by atoms with Crippen molar-refractivity contribution in [3.8, 4) is 22.5 Å². The summed E-state index contributed by atoms with van der Waals surface area (Å²) in [5.74, 6) is 1.02.